The molecule has 4 nitrogen and oxygen atoms in total. The van der Waals surface area contributed by atoms with Crippen LogP contribution in [0.15, 0.2) is 30.3 Å². The first-order valence-corrected chi connectivity index (χ1v) is 8.10. The molecule has 1 fully saturated rings. The number of likely N-dealkylation sites (tertiary alicyclic amines) is 1. The average Bonchev–Trinajstić information content (AvgIpc) is 2.98. The molecular weight excluding hydrogens is 319 g/mol. The van der Waals surface area contributed by atoms with E-state index in [1.165, 1.54) is 0 Å². The summed E-state index contributed by atoms with van der Waals surface area (Å²) < 4.78 is 41.0. The lowest BCUT2D eigenvalue weighted by atomic mass is 9.85. The monoisotopic (exact) mass is 343 g/mol. The van der Waals surface area contributed by atoms with Gasteiger partial charge in [0.05, 0.1) is 0 Å². The quantitative estimate of drug-likeness (QED) is 0.832. The van der Waals surface area contributed by atoms with E-state index in [2.05, 4.69) is 5.32 Å². The van der Waals surface area contributed by atoms with Crippen molar-refractivity contribution < 1.29 is 18.0 Å². The summed E-state index contributed by atoms with van der Waals surface area (Å²) in [5.74, 6) is -0.994. The molecule has 0 radical (unpaired) electrons. The van der Waals surface area contributed by atoms with Gasteiger partial charge in [-0.15, -0.1) is 0 Å². The number of nitrogens with one attached hydrogen (secondary N) is 1. The standard InChI is InChI=1S/C17H24F3N3O/c1-13(9-21)10-22-15(24)16(17(18,19)20)7-8-23(12-16)11-14-5-3-2-4-6-14/h2-6,13H,7-12,21H2,1H3,(H,22,24). The van der Waals surface area contributed by atoms with Crippen LogP contribution in [-0.4, -0.2) is 43.2 Å². The van der Waals surface area contributed by atoms with E-state index < -0.39 is 17.5 Å². The zero-order valence-corrected chi connectivity index (χ0v) is 13.8. The lowest BCUT2D eigenvalue weighted by molar-refractivity contribution is -0.218. The molecule has 1 saturated heterocycles. The van der Waals surface area contributed by atoms with Gasteiger partial charge in [-0.05, 0) is 31.0 Å². The maximum absolute atomic E-state index is 13.7. The molecule has 3 N–H and O–H groups in total. The summed E-state index contributed by atoms with van der Waals surface area (Å²) in [6.45, 7) is 2.61. The number of carbonyl (C=O) groups excluding carboxylic acids is 1. The van der Waals surface area contributed by atoms with Crippen molar-refractivity contribution in [3.63, 3.8) is 0 Å². The summed E-state index contributed by atoms with van der Waals surface area (Å²) in [4.78, 5) is 14.0. The maximum atomic E-state index is 13.7. The van der Waals surface area contributed by atoms with Gasteiger partial charge in [0.25, 0.3) is 0 Å². The molecule has 134 valence electrons. The first-order valence-electron chi connectivity index (χ1n) is 8.10. The minimum atomic E-state index is -4.57. The highest BCUT2D eigenvalue weighted by Crippen LogP contribution is 2.46. The SMILES string of the molecule is CC(CN)CNC(=O)C1(C(F)(F)F)CCN(Cc2ccccc2)C1. The Labute approximate surface area is 140 Å². The number of carbonyl (C=O) groups is 1. The third kappa shape index (κ3) is 4.08. The van der Waals surface area contributed by atoms with Gasteiger partial charge in [-0.1, -0.05) is 37.3 Å². The molecule has 1 aromatic rings. The number of benzene rings is 1. The van der Waals surface area contributed by atoms with Crippen molar-refractivity contribution in [2.24, 2.45) is 17.1 Å². The lowest BCUT2D eigenvalue weighted by Gasteiger charge is -2.31. The Bertz CT molecular complexity index is 550. The van der Waals surface area contributed by atoms with Crippen molar-refractivity contribution in [1.82, 2.24) is 10.2 Å². The second-order valence-electron chi connectivity index (χ2n) is 6.58. The topological polar surface area (TPSA) is 58.4 Å². The molecule has 2 rings (SSSR count). The number of nitrogens with zero attached hydrogens (tertiary/aromatic N) is 1. The Hall–Kier alpha value is -1.60. The van der Waals surface area contributed by atoms with E-state index in [0.717, 1.165) is 5.56 Å². The van der Waals surface area contributed by atoms with Crippen LogP contribution in [0.25, 0.3) is 0 Å². The van der Waals surface area contributed by atoms with Crippen molar-refractivity contribution in [2.45, 2.75) is 26.1 Å². The highest BCUT2D eigenvalue weighted by Gasteiger charge is 2.62. The van der Waals surface area contributed by atoms with Crippen LogP contribution in [0, 0.1) is 11.3 Å². The van der Waals surface area contributed by atoms with Crippen LogP contribution in [0.2, 0.25) is 0 Å². The maximum Gasteiger partial charge on any atom is 0.404 e. The highest BCUT2D eigenvalue weighted by molar-refractivity contribution is 5.84. The number of nitrogens with two attached hydrogens (primary N) is 1. The van der Waals surface area contributed by atoms with E-state index in [9.17, 15) is 18.0 Å². The van der Waals surface area contributed by atoms with Gasteiger partial charge in [-0.3, -0.25) is 9.69 Å². The van der Waals surface area contributed by atoms with Crippen molar-refractivity contribution >= 4 is 5.91 Å². The number of halogens is 3. The van der Waals surface area contributed by atoms with Crippen molar-refractivity contribution in [3.8, 4) is 0 Å². The summed E-state index contributed by atoms with van der Waals surface area (Å²) in [5.41, 5.74) is 4.06. The summed E-state index contributed by atoms with van der Waals surface area (Å²) >= 11 is 0. The zero-order valence-electron chi connectivity index (χ0n) is 13.8. The second kappa shape index (κ2) is 7.53. The molecule has 7 heteroatoms. The van der Waals surface area contributed by atoms with Gasteiger partial charge in [0.1, 0.15) is 0 Å². The van der Waals surface area contributed by atoms with Gasteiger partial charge >= 0.3 is 6.18 Å². The normalized spacial score (nSPS) is 23.2. The van der Waals surface area contributed by atoms with Crippen molar-refractivity contribution in [2.75, 3.05) is 26.2 Å². The molecule has 2 atom stereocenters. The van der Waals surface area contributed by atoms with Crippen molar-refractivity contribution in [3.05, 3.63) is 35.9 Å². The Morgan fingerprint density at radius 3 is 2.62 bits per heavy atom. The summed E-state index contributed by atoms with van der Waals surface area (Å²) in [7, 11) is 0. The smallest absolute Gasteiger partial charge is 0.355 e. The molecule has 1 heterocycles. The zero-order chi connectivity index (χ0) is 17.8. The Balaban J connectivity index is 2.08. The molecule has 0 aliphatic carbocycles. The Morgan fingerprint density at radius 2 is 2.04 bits per heavy atom. The van der Waals surface area contributed by atoms with E-state index in [1.807, 2.05) is 30.3 Å². The second-order valence-corrected chi connectivity index (χ2v) is 6.58. The molecular formula is C17H24F3N3O. The van der Waals surface area contributed by atoms with Gasteiger partial charge in [0.2, 0.25) is 5.91 Å². The van der Waals surface area contributed by atoms with Crippen LogP contribution in [0.1, 0.15) is 18.9 Å². The third-order valence-electron chi connectivity index (χ3n) is 4.59. The van der Waals surface area contributed by atoms with E-state index in [1.54, 1.807) is 11.8 Å². The molecule has 0 saturated carbocycles. The fourth-order valence-corrected chi connectivity index (χ4v) is 2.93. The first kappa shape index (κ1) is 18.7. The van der Waals surface area contributed by atoms with E-state index in [4.69, 9.17) is 5.73 Å². The molecule has 1 aliphatic heterocycles. The van der Waals surface area contributed by atoms with Gasteiger partial charge in [0, 0.05) is 19.6 Å². The molecule has 0 bridgehead atoms. The largest absolute Gasteiger partial charge is 0.404 e. The predicted octanol–water partition coefficient (Wildman–Crippen LogP) is 2.15. The fourth-order valence-electron chi connectivity index (χ4n) is 2.93. The minimum Gasteiger partial charge on any atom is -0.355 e. The highest BCUT2D eigenvalue weighted by atomic mass is 19.4. The minimum absolute atomic E-state index is 0.0546. The van der Waals surface area contributed by atoms with E-state index in [0.29, 0.717) is 13.1 Å². The third-order valence-corrected chi connectivity index (χ3v) is 4.59. The van der Waals surface area contributed by atoms with Crippen LogP contribution >= 0.6 is 0 Å². The Kier molecular flexibility index (Phi) is 5.87. The number of hydrogen-bond donors (Lipinski definition) is 2. The summed E-state index contributed by atoms with van der Waals surface area (Å²) in [5, 5.41) is 2.44. The molecule has 1 amide bonds. The van der Waals surface area contributed by atoms with Gasteiger partial charge in [-0.25, -0.2) is 0 Å². The van der Waals surface area contributed by atoms with Crippen molar-refractivity contribution in [1.29, 1.82) is 0 Å². The first-order chi connectivity index (χ1) is 11.3. The number of alkyl halides is 3. The van der Waals surface area contributed by atoms with Gasteiger partial charge in [0.15, 0.2) is 5.41 Å². The van der Waals surface area contributed by atoms with Gasteiger partial charge in [-0.2, -0.15) is 13.2 Å². The predicted molar refractivity (Wildman–Crippen MR) is 86.1 cm³/mol. The van der Waals surface area contributed by atoms with Gasteiger partial charge < -0.3 is 11.1 Å². The van der Waals surface area contributed by atoms with E-state index in [-0.39, 0.29) is 32.0 Å². The number of amides is 1. The molecule has 0 aromatic heterocycles. The number of rotatable bonds is 6. The summed E-state index contributed by atoms with van der Waals surface area (Å²) in [6.07, 6.45) is -4.79. The Morgan fingerprint density at radius 1 is 1.38 bits per heavy atom. The molecule has 2 unspecified atom stereocenters. The number of hydrogen-bond acceptors (Lipinski definition) is 3. The average molecular weight is 343 g/mol. The molecule has 1 aliphatic rings. The van der Waals surface area contributed by atoms with Crippen LogP contribution in [0.5, 0.6) is 0 Å². The fraction of sp³-hybridized carbons (Fsp3) is 0.588. The van der Waals surface area contributed by atoms with Crippen LogP contribution in [-0.2, 0) is 11.3 Å². The molecule has 24 heavy (non-hydrogen) atoms. The molecule has 0 spiro atoms. The molecule has 1 aromatic carbocycles. The lowest BCUT2D eigenvalue weighted by Crippen LogP contribution is -2.53. The van der Waals surface area contributed by atoms with Crippen LogP contribution in [0.4, 0.5) is 13.2 Å². The van der Waals surface area contributed by atoms with E-state index >= 15 is 0 Å². The summed E-state index contributed by atoms with van der Waals surface area (Å²) in [6, 6.07) is 9.30. The van der Waals surface area contributed by atoms with Crippen LogP contribution < -0.4 is 11.1 Å². The van der Waals surface area contributed by atoms with Crippen LogP contribution in [0.3, 0.4) is 0 Å².